The number of aliphatic imine (C=N–C) groups is 1. The maximum absolute atomic E-state index is 7.12. The Kier molecular flexibility index (Phi) is 6.47. The van der Waals surface area contributed by atoms with Gasteiger partial charge in [0.25, 0.3) is 0 Å². The van der Waals surface area contributed by atoms with Crippen molar-refractivity contribution < 1.29 is 0 Å². The van der Waals surface area contributed by atoms with E-state index in [-0.39, 0.29) is 10.8 Å². The van der Waals surface area contributed by atoms with Crippen LogP contribution in [0.2, 0.25) is 0 Å². The minimum atomic E-state index is -0.130. The summed E-state index contributed by atoms with van der Waals surface area (Å²) < 4.78 is 0. The minimum absolute atomic E-state index is 0.106. The quantitative estimate of drug-likeness (QED) is 0.358. The van der Waals surface area contributed by atoms with Gasteiger partial charge in [-0.15, -0.1) is 0 Å². The predicted octanol–water partition coefficient (Wildman–Crippen LogP) is 10.4. The van der Waals surface area contributed by atoms with Gasteiger partial charge in [-0.3, -0.25) is 4.99 Å². The number of anilines is 1. The highest BCUT2D eigenvalue weighted by Crippen LogP contribution is 2.51. The lowest BCUT2D eigenvalue weighted by atomic mass is 9.72. The molecule has 3 heteroatoms. The second kappa shape index (κ2) is 9.99. The summed E-state index contributed by atoms with van der Waals surface area (Å²) in [6.45, 7) is 9.30. The van der Waals surface area contributed by atoms with E-state index in [4.69, 9.17) is 16.6 Å². The Balaban J connectivity index is 1.19. The van der Waals surface area contributed by atoms with Gasteiger partial charge in [-0.25, -0.2) is 0 Å². The fraction of sp³-hybridized carbons (Fsp3) is 0.308. The first-order chi connectivity index (χ1) is 20.2. The summed E-state index contributed by atoms with van der Waals surface area (Å²) in [4.78, 5) is 7.47. The van der Waals surface area contributed by atoms with Gasteiger partial charge in [0, 0.05) is 40.2 Å². The zero-order chi connectivity index (χ0) is 29.2. The summed E-state index contributed by atoms with van der Waals surface area (Å²) in [7, 11) is 2.19. The van der Waals surface area contributed by atoms with Crippen LogP contribution in [-0.4, -0.2) is 12.8 Å². The topological polar surface area (TPSA) is 15.6 Å². The fourth-order valence-electron chi connectivity index (χ4n) is 7.73. The summed E-state index contributed by atoms with van der Waals surface area (Å²) in [6.07, 6.45) is 24.4. The standard InChI is InChI=1S/C39H39ClN2/c1-38(2)33(41-31-21-17-25-11-6-8-15-29(25)35(31)38)23-19-27-13-10-14-28(37(27)40)20-24-34-39(3,4)36-30-16-9-7-12-26(30)18-22-32(36)42(34)5/h6-9,11-12,15-16,18-25H,10,13-14,17H2,1-5H3/b23-19+,28-20+,34-24+. The van der Waals surface area contributed by atoms with Crippen molar-refractivity contribution in [3.05, 3.63) is 135 Å². The molecule has 2 aliphatic heterocycles. The molecule has 2 aromatic rings. The zero-order valence-corrected chi connectivity index (χ0v) is 26.1. The molecule has 3 aliphatic carbocycles. The van der Waals surface area contributed by atoms with Crippen LogP contribution in [0.4, 0.5) is 5.69 Å². The summed E-state index contributed by atoms with van der Waals surface area (Å²) in [5, 5.41) is 3.52. The third kappa shape index (κ3) is 4.18. The number of allylic oxidation sites excluding steroid dienone is 15. The molecule has 0 fully saturated rings. The molecule has 0 saturated carbocycles. The Bertz CT molecular complexity index is 1790. The van der Waals surface area contributed by atoms with Crippen molar-refractivity contribution in [2.45, 2.75) is 58.8 Å². The SMILES string of the molecule is CN1/C(=C/C=C2\CCCC(/C=C/C3=NC4=CCC5C=CC=CC5=C4C3(C)C)=C2Cl)C(C)(C)c2c1ccc1ccccc21. The monoisotopic (exact) mass is 570 g/mol. The van der Waals surface area contributed by atoms with Crippen molar-refractivity contribution in [3.8, 4) is 0 Å². The molecule has 0 bridgehead atoms. The summed E-state index contributed by atoms with van der Waals surface area (Å²) >= 11 is 7.12. The number of halogens is 1. The molecule has 0 amide bonds. The van der Waals surface area contributed by atoms with Crippen molar-refractivity contribution >= 4 is 33.8 Å². The van der Waals surface area contributed by atoms with Gasteiger partial charge >= 0.3 is 0 Å². The van der Waals surface area contributed by atoms with Crippen molar-refractivity contribution in [3.63, 3.8) is 0 Å². The van der Waals surface area contributed by atoms with E-state index in [0.29, 0.717) is 5.92 Å². The van der Waals surface area contributed by atoms with Crippen LogP contribution in [-0.2, 0) is 5.41 Å². The molecule has 0 radical (unpaired) electrons. The van der Waals surface area contributed by atoms with E-state index in [0.717, 1.165) is 42.1 Å². The second-order valence-electron chi connectivity index (χ2n) is 13.3. The number of hydrogen-bond donors (Lipinski definition) is 0. The fourth-order valence-corrected chi connectivity index (χ4v) is 8.05. The van der Waals surface area contributed by atoms with Gasteiger partial charge in [0.05, 0.1) is 11.4 Å². The molecule has 7 rings (SSSR count). The van der Waals surface area contributed by atoms with E-state index >= 15 is 0 Å². The minimum Gasteiger partial charge on any atom is -0.347 e. The number of benzene rings is 2. The molecule has 1 atom stereocenters. The van der Waals surface area contributed by atoms with Gasteiger partial charge in [-0.1, -0.05) is 112 Å². The molecular formula is C39H39ClN2. The number of likely N-dealkylation sites (N-methyl/N-ethyl adjacent to an activating group) is 1. The Hall–Kier alpha value is -3.62. The second-order valence-corrected chi connectivity index (χ2v) is 13.6. The van der Waals surface area contributed by atoms with Crippen LogP contribution in [0.5, 0.6) is 0 Å². The van der Waals surface area contributed by atoms with E-state index in [1.807, 2.05) is 0 Å². The molecule has 1 unspecified atom stereocenters. The van der Waals surface area contributed by atoms with Crippen LogP contribution in [0.25, 0.3) is 10.8 Å². The van der Waals surface area contributed by atoms with Crippen LogP contribution < -0.4 is 4.90 Å². The Morgan fingerprint density at radius 3 is 2.64 bits per heavy atom. The first-order valence-corrected chi connectivity index (χ1v) is 15.7. The zero-order valence-electron chi connectivity index (χ0n) is 25.3. The average molecular weight is 571 g/mol. The van der Waals surface area contributed by atoms with E-state index in [1.54, 1.807) is 0 Å². The van der Waals surface area contributed by atoms with Crippen LogP contribution >= 0.6 is 11.6 Å². The van der Waals surface area contributed by atoms with Gasteiger partial charge < -0.3 is 4.90 Å². The van der Waals surface area contributed by atoms with Crippen LogP contribution in [0.1, 0.15) is 58.9 Å². The van der Waals surface area contributed by atoms with E-state index < -0.39 is 0 Å². The summed E-state index contributed by atoms with van der Waals surface area (Å²) in [5.41, 5.74) is 11.3. The molecule has 0 saturated heterocycles. The first kappa shape index (κ1) is 27.2. The normalized spacial score (nSPS) is 26.0. The Labute approximate surface area is 255 Å². The number of nitrogens with zero attached hydrogens (tertiary/aromatic N) is 2. The molecule has 2 aromatic carbocycles. The van der Waals surface area contributed by atoms with Gasteiger partial charge in [0.1, 0.15) is 0 Å². The third-order valence-corrected chi connectivity index (χ3v) is 10.5. The molecule has 2 nitrogen and oxygen atoms in total. The van der Waals surface area contributed by atoms with E-state index in [9.17, 15) is 0 Å². The lowest BCUT2D eigenvalue weighted by Crippen LogP contribution is -2.24. The van der Waals surface area contributed by atoms with Crippen LogP contribution in [0, 0.1) is 11.3 Å². The number of hydrogen-bond acceptors (Lipinski definition) is 2. The van der Waals surface area contributed by atoms with E-state index in [2.05, 4.69) is 131 Å². The number of rotatable bonds is 3. The molecular weight excluding hydrogens is 532 g/mol. The molecule has 2 heterocycles. The van der Waals surface area contributed by atoms with Crippen LogP contribution in [0.15, 0.2) is 135 Å². The Morgan fingerprint density at radius 1 is 0.952 bits per heavy atom. The molecule has 42 heavy (non-hydrogen) atoms. The van der Waals surface area contributed by atoms with Crippen molar-refractivity contribution in [1.29, 1.82) is 0 Å². The molecule has 0 aromatic heterocycles. The average Bonchev–Trinajstić information content (AvgIpc) is 3.36. The number of fused-ring (bicyclic) bond motifs is 5. The Morgan fingerprint density at radius 2 is 1.79 bits per heavy atom. The van der Waals surface area contributed by atoms with Crippen molar-refractivity contribution in [2.75, 3.05) is 11.9 Å². The lowest BCUT2D eigenvalue weighted by Gasteiger charge is -2.30. The highest BCUT2D eigenvalue weighted by atomic mass is 35.5. The van der Waals surface area contributed by atoms with Gasteiger partial charge in [0.2, 0.25) is 0 Å². The van der Waals surface area contributed by atoms with Crippen LogP contribution in [0.3, 0.4) is 0 Å². The molecule has 5 aliphatic rings. The van der Waals surface area contributed by atoms with Gasteiger partial charge in [0.15, 0.2) is 0 Å². The van der Waals surface area contributed by atoms with Gasteiger partial charge in [-0.05, 0) is 82.5 Å². The highest BCUT2D eigenvalue weighted by Gasteiger charge is 2.41. The van der Waals surface area contributed by atoms with Gasteiger partial charge in [-0.2, -0.15) is 0 Å². The van der Waals surface area contributed by atoms with E-state index in [1.165, 1.54) is 50.0 Å². The molecule has 212 valence electrons. The van der Waals surface area contributed by atoms with Crippen molar-refractivity contribution in [2.24, 2.45) is 16.3 Å². The summed E-state index contributed by atoms with van der Waals surface area (Å²) in [5.74, 6) is 0.472. The third-order valence-electron chi connectivity index (χ3n) is 9.98. The first-order valence-electron chi connectivity index (χ1n) is 15.3. The lowest BCUT2D eigenvalue weighted by molar-refractivity contribution is 0.623. The largest absolute Gasteiger partial charge is 0.347 e. The maximum Gasteiger partial charge on any atom is 0.0638 e. The smallest absolute Gasteiger partial charge is 0.0638 e. The van der Waals surface area contributed by atoms with Crippen molar-refractivity contribution in [1.82, 2.24) is 0 Å². The molecule has 0 N–H and O–H groups in total. The molecule has 0 spiro atoms. The predicted molar refractivity (Wildman–Crippen MR) is 180 cm³/mol. The maximum atomic E-state index is 7.12. The highest BCUT2D eigenvalue weighted by molar-refractivity contribution is 6.32. The summed E-state index contributed by atoms with van der Waals surface area (Å²) in [6, 6.07) is 13.2.